The Kier molecular flexibility index (Phi) is 3.65. The van der Waals surface area contributed by atoms with E-state index in [1.165, 1.54) is 0 Å². The minimum absolute atomic E-state index is 0.0166. The first kappa shape index (κ1) is 13.1. The van der Waals surface area contributed by atoms with Crippen molar-refractivity contribution in [2.45, 2.75) is 13.0 Å². The van der Waals surface area contributed by atoms with Crippen molar-refractivity contribution in [1.82, 2.24) is 9.88 Å². The Morgan fingerprint density at radius 1 is 1.40 bits per heavy atom. The van der Waals surface area contributed by atoms with Gasteiger partial charge in [0.1, 0.15) is 0 Å². The van der Waals surface area contributed by atoms with Gasteiger partial charge >= 0.3 is 0 Å². The van der Waals surface area contributed by atoms with Crippen LogP contribution in [0.3, 0.4) is 0 Å². The van der Waals surface area contributed by atoms with Gasteiger partial charge in [0.2, 0.25) is 5.91 Å². The molecular formula is C16H18N2O2. The van der Waals surface area contributed by atoms with Gasteiger partial charge in [0.15, 0.2) is 0 Å². The van der Waals surface area contributed by atoms with Crippen molar-refractivity contribution in [2.75, 3.05) is 20.3 Å². The van der Waals surface area contributed by atoms with E-state index in [1.54, 1.807) is 11.1 Å². The lowest BCUT2D eigenvalue weighted by atomic mass is 10.1. The third-order valence-corrected chi connectivity index (χ3v) is 3.78. The normalized spacial score (nSPS) is 18.4. The molecule has 3 rings (SSSR count). The Morgan fingerprint density at radius 2 is 2.25 bits per heavy atom. The minimum Gasteiger partial charge on any atom is -0.381 e. The molecule has 2 heterocycles. The first-order chi connectivity index (χ1) is 9.75. The summed E-state index contributed by atoms with van der Waals surface area (Å²) >= 11 is 0. The predicted octanol–water partition coefficient (Wildman–Crippen LogP) is 2.23. The summed E-state index contributed by atoms with van der Waals surface area (Å²) in [5, 5.41) is 1.11. The molecule has 0 spiro atoms. The lowest BCUT2D eigenvalue weighted by molar-refractivity contribution is -0.134. The van der Waals surface area contributed by atoms with Crippen molar-refractivity contribution in [3.63, 3.8) is 0 Å². The molecule has 1 amide bonds. The number of aromatic nitrogens is 1. The molecule has 0 bridgehead atoms. The molecular weight excluding hydrogens is 252 g/mol. The SMILES string of the molecule is CN(Cc1cccc2cccnc12)C(=O)C1CCOC1. The van der Waals surface area contributed by atoms with Crippen LogP contribution in [-0.4, -0.2) is 36.1 Å². The van der Waals surface area contributed by atoms with Crippen LogP contribution in [0.2, 0.25) is 0 Å². The molecule has 0 radical (unpaired) electrons. The Balaban J connectivity index is 1.80. The number of hydrogen-bond acceptors (Lipinski definition) is 3. The summed E-state index contributed by atoms with van der Waals surface area (Å²) in [6.07, 6.45) is 2.62. The number of rotatable bonds is 3. The molecule has 1 saturated heterocycles. The molecule has 2 aromatic rings. The van der Waals surface area contributed by atoms with Crippen molar-refractivity contribution < 1.29 is 9.53 Å². The quantitative estimate of drug-likeness (QED) is 0.859. The average molecular weight is 270 g/mol. The van der Waals surface area contributed by atoms with Crippen LogP contribution in [0.15, 0.2) is 36.5 Å². The average Bonchev–Trinajstić information content (AvgIpc) is 3.01. The lowest BCUT2D eigenvalue weighted by Gasteiger charge is -2.21. The molecule has 4 heteroatoms. The second-order valence-electron chi connectivity index (χ2n) is 5.25. The maximum Gasteiger partial charge on any atom is 0.228 e. The van der Waals surface area contributed by atoms with Gasteiger partial charge in [-0.2, -0.15) is 0 Å². The number of hydrogen-bond donors (Lipinski definition) is 0. The van der Waals surface area contributed by atoms with Crippen LogP contribution < -0.4 is 0 Å². The molecule has 1 aromatic carbocycles. The smallest absolute Gasteiger partial charge is 0.228 e. The van der Waals surface area contributed by atoms with E-state index in [1.807, 2.05) is 37.4 Å². The van der Waals surface area contributed by atoms with Crippen LogP contribution in [0, 0.1) is 5.92 Å². The van der Waals surface area contributed by atoms with Crippen LogP contribution >= 0.6 is 0 Å². The number of carbonyl (C=O) groups excluding carboxylic acids is 1. The number of benzene rings is 1. The molecule has 0 N–H and O–H groups in total. The van der Waals surface area contributed by atoms with Gasteiger partial charge in [0, 0.05) is 31.8 Å². The van der Waals surface area contributed by atoms with E-state index in [0.29, 0.717) is 19.8 Å². The summed E-state index contributed by atoms with van der Waals surface area (Å²) < 4.78 is 5.29. The third kappa shape index (κ3) is 2.51. The number of ether oxygens (including phenoxy) is 1. The van der Waals surface area contributed by atoms with Crippen molar-refractivity contribution in [1.29, 1.82) is 0 Å². The fraction of sp³-hybridized carbons (Fsp3) is 0.375. The highest BCUT2D eigenvalue weighted by atomic mass is 16.5. The van der Waals surface area contributed by atoms with Crippen LogP contribution in [0.1, 0.15) is 12.0 Å². The van der Waals surface area contributed by atoms with E-state index in [2.05, 4.69) is 4.98 Å². The molecule has 0 aliphatic carbocycles. The molecule has 1 unspecified atom stereocenters. The first-order valence-electron chi connectivity index (χ1n) is 6.91. The van der Waals surface area contributed by atoms with Crippen molar-refractivity contribution >= 4 is 16.8 Å². The van der Waals surface area contributed by atoms with Crippen LogP contribution in [0.5, 0.6) is 0 Å². The number of fused-ring (bicyclic) bond motifs is 1. The maximum absolute atomic E-state index is 12.3. The zero-order valence-electron chi connectivity index (χ0n) is 11.6. The Bertz CT molecular complexity index is 615. The first-order valence-corrected chi connectivity index (χ1v) is 6.91. The number of nitrogens with zero attached hydrogens (tertiary/aromatic N) is 2. The summed E-state index contributed by atoms with van der Waals surface area (Å²) in [6.45, 7) is 1.83. The number of para-hydroxylation sites is 1. The molecule has 20 heavy (non-hydrogen) atoms. The van der Waals surface area contributed by atoms with Gasteiger partial charge in [-0.25, -0.2) is 0 Å². The Morgan fingerprint density at radius 3 is 3.05 bits per heavy atom. The van der Waals surface area contributed by atoms with Crippen LogP contribution in [0.4, 0.5) is 0 Å². The molecule has 0 saturated carbocycles. The van der Waals surface area contributed by atoms with Crippen LogP contribution in [0.25, 0.3) is 10.9 Å². The topological polar surface area (TPSA) is 42.4 Å². The molecule has 1 aliphatic rings. The molecule has 104 valence electrons. The van der Waals surface area contributed by atoms with E-state index in [-0.39, 0.29) is 11.8 Å². The highest BCUT2D eigenvalue weighted by Crippen LogP contribution is 2.20. The third-order valence-electron chi connectivity index (χ3n) is 3.78. The largest absolute Gasteiger partial charge is 0.381 e. The summed E-state index contributed by atoms with van der Waals surface area (Å²) in [5.41, 5.74) is 2.05. The molecule has 1 aliphatic heterocycles. The van der Waals surface area contributed by atoms with Crippen molar-refractivity contribution in [2.24, 2.45) is 5.92 Å². The van der Waals surface area contributed by atoms with E-state index in [0.717, 1.165) is 22.9 Å². The summed E-state index contributed by atoms with van der Waals surface area (Å²) in [4.78, 5) is 18.5. The minimum atomic E-state index is 0.0166. The zero-order valence-corrected chi connectivity index (χ0v) is 11.6. The van der Waals surface area contributed by atoms with E-state index in [4.69, 9.17) is 4.74 Å². The summed E-state index contributed by atoms with van der Waals surface area (Å²) in [7, 11) is 1.85. The van der Waals surface area contributed by atoms with Gasteiger partial charge in [-0.1, -0.05) is 24.3 Å². The van der Waals surface area contributed by atoms with Gasteiger partial charge in [-0.05, 0) is 18.1 Å². The lowest BCUT2D eigenvalue weighted by Crippen LogP contribution is -2.32. The second kappa shape index (κ2) is 5.59. The second-order valence-corrected chi connectivity index (χ2v) is 5.25. The molecule has 1 aromatic heterocycles. The van der Waals surface area contributed by atoms with Crippen molar-refractivity contribution in [3.05, 3.63) is 42.1 Å². The fourth-order valence-corrected chi connectivity index (χ4v) is 2.67. The van der Waals surface area contributed by atoms with E-state index in [9.17, 15) is 4.79 Å². The van der Waals surface area contributed by atoms with Gasteiger partial charge in [-0.3, -0.25) is 9.78 Å². The number of carbonyl (C=O) groups is 1. The predicted molar refractivity (Wildman–Crippen MR) is 77.1 cm³/mol. The number of amides is 1. The molecule has 1 fully saturated rings. The fourth-order valence-electron chi connectivity index (χ4n) is 2.67. The molecule has 4 nitrogen and oxygen atoms in total. The van der Waals surface area contributed by atoms with E-state index < -0.39 is 0 Å². The highest BCUT2D eigenvalue weighted by Gasteiger charge is 2.26. The van der Waals surface area contributed by atoms with Gasteiger partial charge in [0.25, 0.3) is 0 Å². The summed E-state index contributed by atoms with van der Waals surface area (Å²) in [6, 6.07) is 10.0. The standard InChI is InChI=1S/C16H18N2O2/c1-18(16(19)14-7-9-20-11-14)10-13-5-2-4-12-6-3-8-17-15(12)13/h2-6,8,14H,7,9-11H2,1H3. The van der Waals surface area contributed by atoms with Crippen LogP contribution in [-0.2, 0) is 16.1 Å². The maximum atomic E-state index is 12.3. The number of pyridine rings is 1. The van der Waals surface area contributed by atoms with Crippen molar-refractivity contribution in [3.8, 4) is 0 Å². The molecule has 1 atom stereocenters. The van der Waals surface area contributed by atoms with Gasteiger partial charge in [0.05, 0.1) is 18.0 Å². The Labute approximate surface area is 118 Å². The monoisotopic (exact) mass is 270 g/mol. The summed E-state index contributed by atoms with van der Waals surface area (Å²) in [5.74, 6) is 0.179. The zero-order chi connectivity index (χ0) is 13.9. The van der Waals surface area contributed by atoms with Gasteiger partial charge < -0.3 is 9.64 Å². The van der Waals surface area contributed by atoms with Gasteiger partial charge in [-0.15, -0.1) is 0 Å². The van der Waals surface area contributed by atoms with E-state index >= 15 is 0 Å². The highest BCUT2D eigenvalue weighted by molar-refractivity contribution is 5.83. The Hall–Kier alpha value is -1.94.